The lowest BCUT2D eigenvalue weighted by Crippen LogP contribution is -2.45. The maximum atomic E-state index is 12.4. The Kier molecular flexibility index (Phi) is 6.16. The summed E-state index contributed by atoms with van der Waals surface area (Å²) >= 11 is 0. The van der Waals surface area contributed by atoms with E-state index >= 15 is 0 Å². The molecule has 2 atom stereocenters. The monoisotopic (exact) mass is 318 g/mol. The van der Waals surface area contributed by atoms with Crippen molar-refractivity contribution in [1.29, 1.82) is 0 Å². The number of nitrogens with one attached hydrogen (secondary N) is 1. The van der Waals surface area contributed by atoms with Crippen molar-refractivity contribution in [3.8, 4) is 0 Å². The molecule has 0 aromatic heterocycles. The van der Waals surface area contributed by atoms with Crippen molar-refractivity contribution in [2.75, 3.05) is 19.6 Å². The lowest BCUT2D eigenvalue weighted by atomic mass is 10.0. The predicted octanol–water partition coefficient (Wildman–Crippen LogP) is 1.78. The molecule has 2 N–H and O–H groups in total. The molecule has 1 heterocycles. The second-order valence-corrected chi connectivity index (χ2v) is 6.73. The van der Waals surface area contributed by atoms with Gasteiger partial charge in [0.25, 0.3) is 0 Å². The highest BCUT2D eigenvalue weighted by molar-refractivity contribution is 5.85. The zero-order valence-corrected chi connectivity index (χ0v) is 13.9. The molecule has 1 saturated heterocycles. The number of benzene rings is 1. The largest absolute Gasteiger partial charge is 0.480 e. The first kappa shape index (κ1) is 17.5. The van der Waals surface area contributed by atoms with Gasteiger partial charge in [-0.25, -0.2) is 4.79 Å². The van der Waals surface area contributed by atoms with Crippen molar-refractivity contribution in [2.45, 2.75) is 32.7 Å². The molecule has 0 spiro atoms. The second-order valence-electron chi connectivity index (χ2n) is 6.73. The van der Waals surface area contributed by atoms with E-state index in [1.807, 2.05) is 30.3 Å². The fourth-order valence-corrected chi connectivity index (χ4v) is 3.07. The van der Waals surface area contributed by atoms with Crippen molar-refractivity contribution < 1.29 is 14.7 Å². The maximum absolute atomic E-state index is 12.4. The van der Waals surface area contributed by atoms with Crippen molar-refractivity contribution in [2.24, 2.45) is 11.8 Å². The average Bonchev–Trinajstić information content (AvgIpc) is 2.95. The maximum Gasteiger partial charge on any atom is 0.326 e. The van der Waals surface area contributed by atoms with Gasteiger partial charge in [0.1, 0.15) is 6.04 Å². The molecular weight excluding hydrogens is 292 g/mol. The molecule has 0 radical (unpaired) electrons. The zero-order chi connectivity index (χ0) is 16.8. The van der Waals surface area contributed by atoms with Crippen LogP contribution in [0.15, 0.2) is 30.3 Å². The smallest absolute Gasteiger partial charge is 0.326 e. The molecule has 0 bridgehead atoms. The standard InChI is InChI=1S/C18H26N2O3/c1-13(2)11-20-9-8-15(12-20)17(21)19-16(18(22)23)10-14-6-4-3-5-7-14/h3-7,13,15-16H,8-12H2,1-2H3,(H,19,21)(H,22,23)/t15-,16-/m0/s1. The Labute approximate surface area is 137 Å². The molecule has 23 heavy (non-hydrogen) atoms. The second kappa shape index (κ2) is 8.11. The third-order valence-electron chi connectivity index (χ3n) is 4.16. The average molecular weight is 318 g/mol. The predicted molar refractivity (Wildman–Crippen MR) is 89.1 cm³/mol. The summed E-state index contributed by atoms with van der Waals surface area (Å²) < 4.78 is 0. The molecule has 126 valence electrons. The summed E-state index contributed by atoms with van der Waals surface area (Å²) in [4.78, 5) is 26.1. The molecule has 1 amide bonds. The minimum absolute atomic E-state index is 0.105. The minimum Gasteiger partial charge on any atom is -0.480 e. The summed E-state index contributed by atoms with van der Waals surface area (Å²) in [7, 11) is 0. The summed E-state index contributed by atoms with van der Waals surface area (Å²) in [6.45, 7) is 6.94. The van der Waals surface area contributed by atoms with Gasteiger partial charge >= 0.3 is 5.97 Å². The number of hydrogen-bond acceptors (Lipinski definition) is 3. The Morgan fingerprint density at radius 3 is 2.61 bits per heavy atom. The number of hydrogen-bond donors (Lipinski definition) is 2. The molecule has 1 aromatic carbocycles. The Bertz CT molecular complexity index is 530. The SMILES string of the molecule is CC(C)CN1CC[C@H](C(=O)N[C@@H](Cc2ccccc2)C(=O)O)C1. The number of rotatable bonds is 7. The van der Waals surface area contributed by atoms with Gasteiger partial charge in [-0.15, -0.1) is 0 Å². The van der Waals surface area contributed by atoms with E-state index in [4.69, 9.17) is 0 Å². The molecule has 1 aromatic rings. The number of aliphatic carboxylic acids is 1. The fraction of sp³-hybridized carbons (Fsp3) is 0.556. The normalized spacial score (nSPS) is 19.7. The van der Waals surface area contributed by atoms with Crippen molar-refractivity contribution in [1.82, 2.24) is 10.2 Å². The van der Waals surface area contributed by atoms with Gasteiger partial charge in [-0.3, -0.25) is 4.79 Å². The van der Waals surface area contributed by atoms with Crippen molar-refractivity contribution >= 4 is 11.9 Å². The number of amides is 1. The van der Waals surface area contributed by atoms with E-state index in [0.29, 0.717) is 12.3 Å². The highest BCUT2D eigenvalue weighted by Gasteiger charge is 2.31. The highest BCUT2D eigenvalue weighted by Crippen LogP contribution is 2.18. The zero-order valence-electron chi connectivity index (χ0n) is 13.9. The third kappa shape index (κ3) is 5.36. The topological polar surface area (TPSA) is 69.6 Å². The van der Waals surface area contributed by atoms with Gasteiger partial charge in [-0.2, -0.15) is 0 Å². The molecule has 1 aliphatic heterocycles. The van der Waals surface area contributed by atoms with E-state index in [1.54, 1.807) is 0 Å². The van der Waals surface area contributed by atoms with Crippen molar-refractivity contribution in [3.05, 3.63) is 35.9 Å². The van der Waals surface area contributed by atoms with E-state index < -0.39 is 12.0 Å². The lowest BCUT2D eigenvalue weighted by molar-refractivity contribution is -0.142. The molecule has 1 aliphatic rings. The van der Waals surface area contributed by atoms with Crippen LogP contribution < -0.4 is 5.32 Å². The van der Waals surface area contributed by atoms with Gasteiger partial charge < -0.3 is 15.3 Å². The molecular formula is C18H26N2O3. The quantitative estimate of drug-likeness (QED) is 0.804. The molecule has 5 nitrogen and oxygen atoms in total. The Hall–Kier alpha value is -1.88. The van der Waals surface area contributed by atoms with Gasteiger partial charge in [0.2, 0.25) is 5.91 Å². The number of carboxylic acids is 1. The lowest BCUT2D eigenvalue weighted by Gasteiger charge is -2.19. The summed E-state index contributed by atoms with van der Waals surface area (Å²) in [5, 5.41) is 12.1. The number of carbonyl (C=O) groups excluding carboxylic acids is 1. The Morgan fingerprint density at radius 2 is 2.00 bits per heavy atom. The van der Waals surface area contributed by atoms with Gasteiger partial charge in [-0.05, 0) is 24.4 Å². The number of likely N-dealkylation sites (tertiary alicyclic amines) is 1. The van der Waals surface area contributed by atoms with Gasteiger partial charge in [0, 0.05) is 19.5 Å². The first-order chi connectivity index (χ1) is 11.0. The van der Waals surface area contributed by atoms with Crippen LogP contribution in [0.4, 0.5) is 0 Å². The van der Waals surface area contributed by atoms with Crippen LogP contribution in [0.25, 0.3) is 0 Å². The van der Waals surface area contributed by atoms with Gasteiger partial charge in [-0.1, -0.05) is 44.2 Å². The summed E-state index contributed by atoms with van der Waals surface area (Å²) in [6.07, 6.45) is 1.11. The van der Waals surface area contributed by atoms with Crippen LogP contribution in [-0.4, -0.2) is 47.6 Å². The van der Waals surface area contributed by atoms with E-state index in [-0.39, 0.29) is 11.8 Å². The summed E-state index contributed by atoms with van der Waals surface area (Å²) in [5.41, 5.74) is 0.910. The van der Waals surface area contributed by atoms with Crippen LogP contribution in [0.3, 0.4) is 0 Å². The minimum atomic E-state index is -0.987. The number of nitrogens with zero attached hydrogens (tertiary/aromatic N) is 1. The van der Waals surface area contributed by atoms with E-state index in [0.717, 1.165) is 31.6 Å². The number of carboxylic acid groups (broad SMARTS) is 1. The Balaban J connectivity index is 1.90. The van der Waals surface area contributed by atoms with Crippen LogP contribution in [0.1, 0.15) is 25.8 Å². The first-order valence-electron chi connectivity index (χ1n) is 8.25. The van der Waals surface area contributed by atoms with E-state index in [1.165, 1.54) is 0 Å². The van der Waals surface area contributed by atoms with E-state index in [9.17, 15) is 14.7 Å². The molecule has 1 fully saturated rings. The Morgan fingerprint density at radius 1 is 1.30 bits per heavy atom. The van der Waals surface area contributed by atoms with Gasteiger partial charge in [0.15, 0.2) is 0 Å². The summed E-state index contributed by atoms with van der Waals surface area (Å²) in [6, 6.07) is 8.52. The molecule has 2 rings (SSSR count). The fourth-order valence-electron chi connectivity index (χ4n) is 3.07. The van der Waals surface area contributed by atoms with Gasteiger partial charge in [0.05, 0.1) is 5.92 Å². The third-order valence-corrected chi connectivity index (χ3v) is 4.16. The van der Waals surface area contributed by atoms with Crippen LogP contribution >= 0.6 is 0 Å². The van der Waals surface area contributed by atoms with Crippen LogP contribution in [0, 0.1) is 11.8 Å². The van der Waals surface area contributed by atoms with Crippen LogP contribution in [0.2, 0.25) is 0 Å². The van der Waals surface area contributed by atoms with Crippen molar-refractivity contribution in [3.63, 3.8) is 0 Å². The first-order valence-corrected chi connectivity index (χ1v) is 8.25. The number of carbonyl (C=O) groups is 2. The van der Waals surface area contributed by atoms with Crippen LogP contribution in [0.5, 0.6) is 0 Å². The summed E-state index contributed by atoms with van der Waals surface area (Å²) in [5.74, 6) is -0.660. The molecule has 0 saturated carbocycles. The molecule has 0 aliphatic carbocycles. The van der Waals surface area contributed by atoms with Crippen LogP contribution in [-0.2, 0) is 16.0 Å². The molecule has 5 heteroatoms. The van der Waals surface area contributed by atoms with E-state index in [2.05, 4.69) is 24.1 Å². The molecule has 0 unspecified atom stereocenters. The highest BCUT2D eigenvalue weighted by atomic mass is 16.4.